The summed E-state index contributed by atoms with van der Waals surface area (Å²) in [7, 11) is 0. The highest BCUT2D eigenvalue weighted by molar-refractivity contribution is 5.28. The van der Waals surface area contributed by atoms with Gasteiger partial charge in [-0.3, -0.25) is 0 Å². The Balaban J connectivity index is 1.58. The zero-order valence-electron chi connectivity index (χ0n) is 11.3. The second-order valence-corrected chi connectivity index (χ2v) is 4.83. The van der Waals surface area contributed by atoms with Crippen LogP contribution in [0.1, 0.15) is 18.4 Å². The number of rotatable bonds is 7. The second-order valence-electron chi connectivity index (χ2n) is 4.83. The quantitative estimate of drug-likeness (QED) is 0.766. The van der Waals surface area contributed by atoms with Crippen LogP contribution in [0.5, 0.6) is 5.75 Å². The van der Waals surface area contributed by atoms with Gasteiger partial charge in [-0.2, -0.15) is 0 Å². The van der Waals surface area contributed by atoms with Crippen LogP contribution in [0.25, 0.3) is 0 Å². The molecule has 0 unspecified atom stereocenters. The van der Waals surface area contributed by atoms with Gasteiger partial charge in [-0.25, -0.2) is 0 Å². The molecule has 0 radical (unpaired) electrons. The largest absolute Gasteiger partial charge is 0.491 e. The molecule has 0 aliphatic carbocycles. The normalized spacial score (nSPS) is 16.5. The minimum absolute atomic E-state index is 0.539. The summed E-state index contributed by atoms with van der Waals surface area (Å²) in [4.78, 5) is 0. The summed E-state index contributed by atoms with van der Waals surface area (Å²) in [5.41, 5.74) is 6.67. The van der Waals surface area contributed by atoms with Crippen LogP contribution >= 0.6 is 0 Å². The van der Waals surface area contributed by atoms with Crippen molar-refractivity contribution in [1.82, 2.24) is 0 Å². The third kappa shape index (κ3) is 5.19. The monoisotopic (exact) mass is 265 g/mol. The Morgan fingerprint density at radius 3 is 2.84 bits per heavy atom. The number of nitrogens with two attached hydrogens (primary N) is 1. The molecule has 0 saturated carbocycles. The van der Waals surface area contributed by atoms with Crippen LogP contribution in [0.2, 0.25) is 0 Å². The van der Waals surface area contributed by atoms with Crippen molar-refractivity contribution < 1.29 is 14.2 Å². The molecule has 0 spiro atoms. The summed E-state index contributed by atoms with van der Waals surface area (Å²) in [6, 6.07) is 7.87. The Morgan fingerprint density at radius 1 is 1.21 bits per heavy atom. The molecule has 106 valence electrons. The van der Waals surface area contributed by atoms with Crippen molar-refractivity contribution in [3.63, 3.8) is 0 Å². The molecule has 0 atom stereocenters. The fourth-order valence-electron chi connectivity index (χ4n) is 2.14. The van der Waals surface area contributed by atoms with Gasteiger partial charge < -0.3 is 19.9 Å². The van der Waals surface area contributed by atoms with E-state index in [1.165, 1.54) is 0 Å². The van der Waals surface area contributed by atoms with E-state index in [4.69, 9.17) is 19.9 Å². The molecule has 2 N–H and O–H groups in total. The first-order chi connectivity index (χ1) is 9.38. The third-order valence-electron chi connectivity index (χ3n) is 3.32. The van der Waals surface area contributed by atoms with E-state index in [1.54, 1.807) is 0 Å². The maximum Gasteiger partial charge on any atom is 0.119 e. The second kappa shape index (κ2) is 8.15. The topological polar surface area (TPSA) is 53.7 Å². The maximum atomic E-state index is 5.65. The van der Waals surface area contributed by atoms with Gasteiger partial charge in [-0.1, -0.05) is 12.1 Å². The Bertz CT molecular complexity index is 364. The lowest BCUT2D eigenvalue weighted by molar-refractivity contribution is 0.0139. The first-order valence-corrected chi connectivity index (χ1v) is 6.96. The summed E-state index contributed by atoms with van der Waals surface area (Å²) in [5.74, 6) is 1.51. The number of hydrogen-bond donors (Lipinski definition) is 1. The first kappa shape index (κ1) is 14.3. The number of ether oxygens (including phenoxy) is 3. The fraction of sp³-hybridized carbons (Fsp3) is 0.600. The van der Waals surface area contributed by atoms with Gasteiger partial charge in [-0.05, 0) is 36.5 Å². The van der Waals surface area contributed by atoms with E-state index in [0.29, 0.717) is 25.7 Å². The molecule has 0 amide bonds. The van der Waals surface area contributed by atoms with Crippen LogP contribution < -0.4 is 10.5 Å². The molecule has 1 aromatic carbocycles. The van der Waals surface area contributed by atoms with Gasteiger partial charge in [-0.15, -0.1) is 0 Å². The lowest BCUT2D eigenvalue weighted by Gasteiger charge is -2.21. The number of benzene rings is 1. The minimum atomic E-state index is 0.539. The zero-order valence-corrected chi connectivity index (χ0v) is 11.3. The van der Waals surface area contributed by atoms with Crippen LogP contribution in [0.15, 0.2) is 24.3 Å². The Kier molecular flexibility index (Phi) is 6.14. The van der Waals surface area contributed by atoms with E-state index in [0.717, 1.165) is 44.0 Å². The van der Waals surface area contributed by atoms with Crippen LogP contribution in [0, 0.1) is 5.92 Å². The van der Waals surface area contributed by atoms with Gasteiger partial charge in [0, 0.05) is 26.4 Å². The lowest BCUT2D eigenvalue weighted by Crippen LogP contribution is -2.21. The predicted octanol–water partition coefficient (Wildman–Crippen LogP) is 1.97. The van der Waals surface area contributed by atoms with E-state index in [2.05, 4.69) is 0 Å². The van der Waals surface area contributed by atoms with Crippen molar-refractivity contribution in [2.24, 2.45) is 11.7 Å². The molecule has 4 heteroatoms. The first-order valence-electron chi connectivity index (χ1n) is 6.96. The van der Waals surface area contributed by atoms with Crippen molar-refractivity contribution in [2.75, 3.05) is 33.0 Å². The Labute approximate surface area is 114 Å². The molecule has 1 aliphatic heterocycles. The van der Waals surface area contributed by atoms with Gasteiger partial charge in [0.05, 0.1) is 6.61 Å². The molecule has 1 saturated heterocycles. The molecule has 1 aromatic rings. The smallest absolute Gasteiger partial charge is 0.119 e. The van der Waals surface area contributed by atoms with Crippen LogP contribution in [-0.2, 0) is 16.0 Å². The van der Waals surface area contributed by atoms with Crippen LogP contribution in [-0.4, -0.2) is 33.0 Å². The molecule has 19 heavy (non-hydrogen) atoms. The SMILES string of the molecule is NCc1cccc(OCCOCC2CCOCC2)c1. The summed E-state index contributed by atoms with van der Waals surface area (Å²) in [5, 5.41) is 0. The summed E-state index contributed by atoms with van der Waals surface area (Å²) >= 11 is 0. The molecule has 1 fully saturated rings. The summed E-state index contributed by atoms with van der Waals surface area (Å²) < 4.78 is 16.6. The van der Waals surface area contributed by atoms with Crippen LogP contribution in [0.4, 0.5) is 0 Å². The van der Waals surface area contributed by atoms with Gasteiger partial charge in [0.2, 0.25) is 0 Å². The summed E-state index contributed by atoms with van der Waals surface area (Å²) in [6.45, 7) is 4.31. The highest BCUT2D eigenvalue weighted by Crippen LogP contribution is 2.15. The van der Waals surface area contributed by atoms with Crippen molar-refractivity contribution in [3.8, 4) is 5.75 Å². The maximum absolute atomic E-state index is 5.65. The van der Waals surface area contributed by atoms with Gasteiger partial charge in [0.1, 0.15) is 12.4 Å². The average molecular weight is 265 g/mol. The van der Waals surface area contributed by atoms with Gasteiger partial charge in [0.15, 0.2) is 0 Å². The Hall–Kier alpha value is -1.10. The van der Waals surface area contributed by atoms with E-state index in [1.807, 2.05) is 24.3 Å². The molecule has 0 aromatic heterocycles. The zero-order chi connectivity index (χ0) is 13.3. The van der Waals surface area contributed by atoms with E-state index in [9.17, 15) is 0 Å². The molecule has 1 heterocycles. The molecular weight excluding hydrogens is 242 g/mol. The standard InChI is InChI=1S/C15H23NO3/c16-11-14-2-1-3-15(10-14)19-9-8-18-12-13-4-6-17-7-5-13/h1-3,10,13H,4-9,11-12,16H2. The van der Waals surface area contributed by atoms with Gasteiger partial charge >= 0.3 is 0 Å². The minimum Gasteiger partial charge on any atom is -0.491 e. The molecular formula is C15H23NO3. The van der Waals surface area contributed by atoms with Gasteiger partial charge in [0.25, 0.3) is 0 Å². The highest BCUT2D eigenvalue weighted by Gasteiger charge is 2.13. The fourth-order valence-corrected chi connectivity index (χ4v) is 2.14. The average Bonchev–Trinajstić information content (AvgIpc) is 2.48. The van der Waals surface area contributed by atoms with Crippen LogP contribution in [0.3, 0.4) is 0 Å². The molecule has 2 rings (SSSR count). The van der Waals surface area contributed by atoms with Crippen molar-refractivity contribution in [2.45, 2.75) is 19.4 Å². The molecule has 1 aliphatic rings. The van der Waals surface area contributed by atoms with Crippen molar-refractivity contribution >= 4 is 0 Å². The molecule has 4 nitrogen and oxygen atoms in total. The van der Waals surface area contributed by atoms with E-state index >= 15 is 0 Å². The van der Waals surface area contributed by atoms with Crippen molar-refractivity contribution in [3.05, 3.63) is 29.8 Å². The van der Waals surface area contributed by atoms with E-state index in [-0.39, 0.29) is 0 Å². The highest BCUT2D eigenvalue weighted by atomic mass is 16.5. The predicted molar refractivity (Wildman–Crippen MR) is 74.2 cm³/mol. The Morgan fingerprint density at radius 2 is 2.05 bits per heavy atom. The third-order valence-corrected chi connectivity index (χ3v) is 3.32. The van der Waals surface area contributed by atoms with E-state index < -0.39 is 0 Å². The summed E-state index contributed by atoms with van der Waals surface area (Å²) in [6.07, 6.45) is 2.22. The molecule has 0 bridgehead atoms. The number of hydrogen-bond acceptors (Lipinski definition) is 4. The van der Waals surface area contributed by atoms with Crippen molar-refractivity contribution in [1.29, 1.82) is 0 Å². The lowest BCUT2D eigenvalue weighted by atomic mass is 10.0.